The van der Waals surface area contributed by atoms with Crippen LogP contribution in [0.3, 0.4) is 0 Å². The molecule has 1 aliphatic carbocycles. The van der Waals surface area contributed by atoms with E-state index in [1.165, 1.54) is 0 Å². The second-order valence-corrected chi connectivity index (χ2v) is 5.23. The fourth-order valence-corrected chi connectivity index (χ4v) is 2.63. The van der Waals surface area contributed by atoms with E-state index in [4.69, 9.17) is 15.2 Å². The summed E-state index contributed by atoms with van der Waals surface area (Å²) in [6, 6.07) is 0. The third kappa shape index (κ3) is 1.69. The number of hydrogen-bond donors (Lipinski definition) is 1. The van der Waals surface area contributed by atoms with E-state index < -0.39 is 0 Å². The second-order valence-electron chi connectivity index (χ2n) is 5.23. The van der Waals surface area contributed by atoms with Gasteiger partial charge in [-0.15, -0.1) is 0 Å². The summed E-state index contributed by atoms with van der Waals surface area (Å²) in [5.41, 5.74) is 6.16. The van der Waals surface area contributed by atoms with Gasteiger partial charge in [0, 0.05) is 12.8 Å². The van der Waals surface area contributed by atoms with Crippen molar-refractivity contribution in [3.63, 3.8) is 0 Å². The fourth-order valence-electron chi connectivity index (χ4n) is 2.63. The quantitative estimate of drug-likeness (QED) is 0.696. The van der Waals surface area contributed by atoms with E-state index in [1.807, 2.05) is 0 Å². The highest BCUT2D eigenvalue weighted by Gasteiger charge is 2.47. The normalized spacial score (nSPS) is 34.9. The summed E-state index contributed by atoms with van der Waals surface area (Å²) in [7, 11) is 0. The van der Waals surface area contributed by atoms with Gasteiger partial charge in [-0.3, -0.25) is 0 Å². The first-order valence-electron chi connectivity index (χ1n) is 5.56. The monoisotopic (exact) mass is 199 g/mol. The molecule has 1 saturated heterocycles. The molecular weight excluding hydrogens is 178 g/mol. The molecule has 1 unspecified atom stereocenters. The minimum atomic E-state index is -0.278. The average molecular weight is 199 g/mol. The van der Waals surface area contributed by atoms with Crippen molar-refractivity contribution >= 4 is 0 Å². The molecule has 0 aromatic carbocycles. The topological polar surface area (TPSA) is 44.5 Å². The van der Waals surface area contributed by atoms with Crippen LogP contribution in [0.1, 0.15) is 33.1 Å². The zero-order valence-electron chi connectivity index (χ0n) is 9.21. The predicted octanol–water partition coefficient (Wildman–Crippen LogP) is 1.51. The van der Waals surface area contributed by atoms with Gasteiger partial charge in [0.25, 0.3) is 0 Å². The van der Waals surface area contributed by atoms with Gasteiger partial charge in [0.05, 0.1) is 13.2 Å². The molecule has 1 aliphatic heterocycles. The van der Waals surface area contributed by atoms with E-state index in [1.54, 1.807) is 0 Å². The summed E-state index contributed by atoms with van der Waals surface area (Å²) in [4.78, 5) is 0. The molecule has 1 saturated carbocycles. The minimum Gasteiger partial charge on any atom is -0.348 e. The summed E-state index contributed by atoms with van der Waals surface area (Å²) in [5.74, 6) is 0.244. The Bertz CT molecular complexity index is 209. The summed E-state index contributed by atoms with van der Waals surface area (Å²) in [5, 5.41) is 0. The Morgan fingerprint density at radius 3 is 2.43 bits per heavy atom. The van der Waals surface area contributed by atoms with E-state index in [0.717, 1.165) is 39.0 Å². The van der Waals surface area contributed by atoms with Gasteiger partial charge in [-0.25, -0.2) is 0 Å². The summed E-state index contributed by atoms with van der Waals surface area (Å²) >= 11 is 0. The number of nitrogens with two attached hydrogens (primary N) is 1. The Morgan fingerprint density at radius 2 is 1.86 bits per heavy atom. The van der Waals surface area contributed by atoms with Gasteiger partial charge in [0.15, 0.2) is 5.79 Å². The van der Waals surface area contributed by atoms with E-state index in [0.29, 0.717) is 11.3 Å². The Morgan fingerprint density at radius 1 is 1.21 bits per heavy atom. The van der Waals surface area contributed by atoms with Crippen LogP contribution in [0, 0.1) is 11.3 Å². The molecular formula is C11H21NO2. The molecule has 0 radical (unpaired) electrons. The standard InChI is InChI=1S/C11H21NO2/c1-10(2)3-4-11(7-9(10)8-12)13-5-6-14-11/h9H,3-8,12H2,1-2H3. The summed E-state index contributed by atoms with van der Waals surface area (Å²) < 4.78 is 11.5. The van der Waals surface area contributed by atoms with Gasteiger partial charge in [-0.1, -0.05) is 13.8 Å². The van der Waals surface area contributed by atoms with Crippen LogP contribution in [0.15, 0.2) is 0 Å². The van der Waals surface area contributed by atoms with Gasteiger partial charge in [0.1, 0.15) is 0 Å². The molecule has 3 heteroatoms. The number of hydrogen-bond acceptors (Lipinski definition) is 3. The number of rotatable bonds is 1. The third-order valence-electron chi connectivity index (χ3n) is 3.91. The van der Waals surface area contributed by atoms with Crippen LogP contribution < -0.4 is 5.73 Å². The first-order valence-corrected chi connectivity index (χ1v) is 5.56. The highest BCUT2D eigenvalue weighted by atomic mass is 16.7. The first-order chi connectivity index (χ1) is 6.58. The highest BCUT2D eigenvalue weighted by Crippen LogP contribution is 2.47. The maximum atomic E-state index is 5.82. The minimum absolute atomic E-state index is 0.278. The zero-order valence-corrected chi connectivity index (χ0v) is 9.21. The molecule has 3 nitrogen and oxygen atoms in total. The lowest BCUT2D eigenvalue weighted by atomic mass is 9.67. The molecule has 0 aromatic rings. The lowest BCUT2D eigenvalue weighted by Crippen LogP contribution is -2.46. The molecule has 1 spiro atoms. The number of ether oxygens (including phenoxy) is 2. The molecule has 0 amide bonds. The van der Waals surface area contributed by atoms with Gasteiger partial charge in [-0.05, 0) is 24.3 Å². The van der Waals surface area contributed by atoms with Crippen LogP contribution >= 0.6 is 0 Å². The molecule has 1 heterocycles. The summed E-state index contributed by atoms with van der Waals surface area (Å²) in [6.45, 7) is 6.83. The summed E-state index contributed by atoms with van der Waals surface area (Å²) in [6.07, 6.45) is 3.14. The fraction of sp³-hybridized carbons (Fsp3) is 1.00. The maximum absolute atomic E-state index is 5.82. The van der Waals surface area contributed by atoms with Crippen LogP contribution in [0.25, 0.3) is 0 Å². The van der Waals surface area contributed by atoms with E-state index in [9.17, 15) is 0 Å². The van der Waals surface area contributed by atoms with Crippen molar-refractivity contribution < 1.29 is 9.47 Å². The first kappa shape index (κ1) is 10.4. The van der Waals surface area contributed by atoms with Gasteiger partial charge < -0.3 is 15.2 Å². The average Bonchev–Trinajstić information content (AvgIpc) is 2.59. The van der Waals surface area contributed by atoms with Crippen LogP contribution in [-0.2, 0) is 9.47 Å². The molecule has 2 rings (SSSR count). The van der Waals surface area contributed by atoms with Crippen LogP contribution in [-0.4, -0.2) is 25.5 Å². The predicted molar refractivity (Wildman–Crippen MR) is 54.8 cm³/mol. The molecule has 0 bridgehead atoms. The van der Waals surface area contributed by atoms with Crippen molar-refractivity contribution in [2.75, 3.05) is 19.8 Å². The molecule has 14 heavy (non-hydrogen) atoms. The lowest BCUT2D eigenvalue weighted by Gasteiger charge is -2.45. The largest absolute Gasteiger partial charge is 0.348 e. The molecule has 2 aliphatic rings. The Hall–Kier alpha value is -0.120. The van der Waals surface area contributed by atoms with Crippen LogP contribution in [0.5, 0.6) is 0 Å². The smallest absolute Gasteiger partial charge is 0.168 e. The van der Waals surface area contributed by atoms with Crippen molar-refractivity contribution in [1.29, 1.82) is 0 Å². The molecule has 2 fully saturated rings. The van der Waals surface area contributed by atoms with Crippen LogP contribution in [0.2, 0.25) is 0 Å². The SMILES string of the molecule is CC1(C)CCC2(CC1CN)OCCO2. The van der Waals surface area contributed by atoms with E-state index in [-0.39, 0.29) is 5.79 Å². The third-order valence-corrected chi connectivity index (χ3v) is 3.91. The molecule has 0 aromatic heterocycles. The lowest BCUT2D eigenvalue weighted by molar-refractivity contribution is -0.203. The van der Waals surface area contributed by atoms with Crippen molar-refractivity contribution in [2.24, 2.45) is 17.1 Å². The van der Waals surface area contributed by atoms with E-state index >= 15 is 0 Å². The highest BCUT2D eigenvalue weighted by molar-refractivity contribution is 4.92. The van der Waals surface area contributed by atoms with Crippen molar-refractivity contribution in [3.05, 3.63) is 0 Å². The van der Waals surface area contributed by atoms with Crippen molar-refractivity contribution in [2.45, 2.75) is 38.9 Å². The Balaban J connectivity index is 2.08. The molecule has 82 valence electrons. The zero-order chi connectivity index (χ0) is 10.2. The second kappa shape index (κ2) is 3.47. The van der Waals surface area contributed by atoms with Crippen molar-refractivity contribution in [1.82, 2.24) is 0 Å². The van der Waals surface area contributed by atoms with Gasteiger partial charge >= 0.3 is 0 Å². The van der Waals surface area contributed by atoms with Gasteiger partial charge in [-0.2, -0.15) is 0 Å². The van der Waals surface area contributed by atoms with Crippen LogP contribution in [0.4, 0.5) is 0 Å². The molecule has 1 atom stereocenters. The molecule has 2 N–H and O–H groups in total. The van der Waals surface area contributed by atoms with Crippen molar-refractivity contribution in [3.8, 4) is 0 Å². The van der Waals surface area contributed by atoms with E-state index in [2.05, 4.69) is 13.8 Å². The Kier molecular flexibility index (Phi) is 2.58. The van der Waals surface area contributed by atoms with Gasteiger partial charge in [0.2, 0.25) is 0 Å². The maximum Gasteiger partial charge on any atom is 0.168 e. The Labute approximate surface area is 85.9 Å².